The highest BCUT2D eigenvalue weighted by Gasteiger charge is 2.84. The summed E-state index contributed by atoms with van der Waals surface area (Å²) in [6.07, 6.45) is 5.85. The van der Waals surface area contributed by atoms with Crippen LogP contribution in [-0.2, 0) is 0 Å². The maximum absolute atomic E-state index is 3.72. The van der Waals surface area contributed by atoms with Crippen LogP contribution in [0.1, 0.15) is 39.5 Å². The Morgan fingerprint density at radius 2 is 2.33 bits per heavy atom. The van der Waals surface area contributed by atoms with Crippen molar-refractivity contribution >= 4 is 0 Å². The summed E-state index contributed by atoms with van der Waals surface area (Å²) in [5, 5.41) is 3.72. The molecule has 0 aromatic carbocycles. The Morgan fingerprint density at radius 3 is 2.83 bits per heavy atom. The summed E-state index contributed by atoms with van der Waals surface area (Å²) < 4.78 is 0. The van der Waals surface area contributed by atoms with Crippen LogP contribution in [0, 0.1) is 17.3 Å². The first-order chi connectivity index (χ1) is 5.74. The van der Waals surface area contributed by atoms with Gasteiger partial charge in [0.25, 0.3) is 0 Å². The molecule has 0 spiro atoms. The molecule has 3 aliphatic rings. The zero-order valence-electron chi connectivity index (χ0n) is 8.19. The quantitative estimate of drug-likeness (QED) is 0.676. The van der Waals surface area contributed by atoms with Crippen molar-refractivity contribution in [2.45, 2.75) is 45.1 Å². The Bertz CT molecular complexity index is 225. The first kappa shape index (κ1) is 7.37. The second-order valence-corrected chi connectivity index (χ2v) is 5.28. The van der Waals surface area contributed by atoms with E-state index in [1.807, 2.05) is 0 Å². The van der Waals surface area contributed by atoms with Crippen LogP contribution in [0.3, 0.4) is 0 Å². The van der Waals surface area contributed by atoms with Crippen LogP contribution in [-0.4, -0.2) is 12.1 Å². The van der Waals surface area contributed by atoms with Gasteiger partial charge in [0.15, 0.2) is 0 Å². The summed E-state index contributed by atoms with van der Waals surface area (Å²) in [5.41, 5.74) is 1.37. The highest BCUT2D eigenvalue weighted by atomic mass is 15.2. The molecule has 0 bridgehead atoms. The molecule has 2 aliphatic carbocycles. The minimum absolute atomic E-state index is 0.590. The molecular formula is C11H19N. The minimum Gasteiger partial charge on any atom is -0.310 e. The maximum atomic E-state index is 3.72. The lowest BCUT2D eigenvalue weighted by molar-refractivity contribution is 0.137. The van der Waals surface area contributed by atoms with Crippen LogP contribution in [0.4, 0.5) is 0 Å². The zero-order chi connectivity index (χ0) is 8.40. The Labute approximate surface area is 74.9 Å². The third-order valence-corrected chi connectivity index (χ3v) is 4.97. The van der Waals surface area contributed by atoms with E-state index in [1.54, 1.807) is 6.42 Å². The molecule has 0 aromatic rings. The minimum atomic E-state index is 0.590. The van der Waals surface area contributed by atoms with Gasteiger partial charge in [-0.1, -0.05) is 19.8 Å². The van der Waals surface area contributed by atoms with Crippen molar-refractivity contribution < 1.29 is 0 Å². The number of hydrogen-bond acceptors (Lipinski definition) is 1. The fourth-order valence-corrected chi connectivity index (χ4v) is 4.32. The summed E-state index contributed by atoms with van der Waals surface area (Å²) in [5.74, 6) is 2.14. The molecule has 3 fully saturated rings. The lowest BCUT2D eigenvalue weighted by Crippen LogP contribution is -2.42. The molecule has 68 valence electrons. The van der Waals surface area contributed by atoms with Gasteiger partial charge in [0.2, 0.25) is 0 Å². The lowest BCUT2D eigenvalue weighted by Gasteiger charge is -2.37. The normalized spacial score (nSPS) is 59.5. The van der Waals surface area contributed by atoms with E-state index in [0.29, 0.717) is 5.54 Å². The molecular weight excluding hydrogens is 146 g/mol. The van der Waals surface area contributed by atoms with E-state index in [4.69, 9.17) is 0 Å². The van der Waals surface area contributed by atoms with Crippen LogP contribution < -0.4 is 5.32 Å². The number of rotatable bonds is 3. The Morgan fingerprint density at radius 1 is 1.50 bits per heavy atom. The molecule has 12 heavy (non-hydrogen) atoms. The van der Waals surface area contributed by atoms with Gasteiger partial charge >= 0.3 is 0 Å². The Hall–Kier alpha value is -0.0400. The standard InChI is InChI=1S/C11H19N/c1-3-4-5-11-6-8-7-12-10(11,2)9(8)11/h8-9,12H,3-7H2,1-2H3. The predicted molar refractivity (Wildman–Crippen MR) is 50.0 cm³/mol. The fourth-order valence-electron chi connectivity index (χ4n) is 4.32. The van der Waals surface area contributed by atoms with Crippen LogP contribution in [0.2, 0.25) is 0 Å². The molecule has 1 nitrogen and oxygen atoms in total. The summed E-state index contributed by atoms with van der Waals surface area (Å²) >= 11 is 0. The fraction of sp³-hybridized carbons (Fsp3) is 1.00. The molecule has 2 saturated carbocycles. The van der Waals surface area contributed by atoms with Gasteiger partial charge in [0.1, 0.15) is 0 Å². The molecule has 1 N–H and O–H groups in total. The molecule has 0 radical (unpaired) electrons. The second-order valence-electron chi connectivity index (χ2n) is 5.28. The molecule has 1 saturated heterocycles. The monoisotopic (exact) mass is 165 g/mol. The van der Waals surface area contributed by atoms with Gasteiger partial charge in [0, 0.05) is 5.54 Å². The topological polar surface area (TPSA) is 12.0 Å². The largest absolute Gasteiger partial charge is 0.310 e. The van der Waals surface area contributed by atoms with Crippen molar-refractivity contribution in [3.8, 4) is 0 Å². The van der Waals surface area contributed by atoms with E-state index in [1.165, 1.54) is 25.8 Å². The summed E-state index contributed by atoms with van der Waals surface area (Å²) in [6, 6.07) is 0. The molecule has 3 rings (SSSR count). The predicted octanol–water partition coefficient (Wildman–Crippen LogP) is 2.17. The summed E-state index contributed by atoms with van der Waals surface area (Å²) in [7, 11) is 0. The number of unbranched alkanes of at least 4 members (excludes halogenated alkanes) is 1. The van der Waals surface area contributed by atoms with Gasteiger partial charge in [-0.05, 0) is 43.6 Å². The molecule has 1 aliphatic heterocycles. The molecule has 1 heteroatoms. The molecule has 0 amide bonds. The number of hydrogen-bond donors (Lipinski definition) is 1. The zero-order valence-corrected chi connectivity index (χ0v) is 8.19. The molecule has 4 unspecified atom stereocenters. The number of fused-ring (bicyclic) bond motifs is 1. The van der Waals surface area contributed by atoms with Gasteiger partial charge in [-0.3, -0.25) is 0 Å². The first-order valence-corrected chi connectivity index (χ1v) is 5.49. The van der Waals surface area contributed by atoms with E-state index in [-0.39, 0.29) is 0 Å². The average Bonchev–Trinajstić information content (AvgIpc) is 2.27. The molecule has 0 aromatic heterocycles. The molecule has 1 heterocycles. The number of piperidine rings is 2. The van der Waals surface area contributed by atoms with Gasteiger partial charge in [0.05, 0.1) is 0 Å². The van der Waals surface area contributed by atoms with E-state index < -0.39 is 0 Å². The van der Waals surface area contributed by atoms with Gasteiger partial charge < -0.3 is 5.32 Å². The highest BCUT2D eigenvalue weighted by Crippen LogP contribution is 2.81. The van der Waals surface area contributed by atoms with Gasteiger partial charge in [-0.25, -0.2) is 0 Å². The van der Waals surface area contributed by atoms with Gasteiger partial charge in [-0.2, -0.15) is 0 Å². The molecule has 4 atom stereocenters. The van der Waals surface area contributed by atoms with Gasteiger partial charge in [-0.15, -0.1) is 0 Å². The van der Waals surface area contributed by atoms with Crippen molar-refractivity contribution in [1.82, 2.24) is 5.32 Å². The van der Waals surface area contributed by atoms with Crippen LogP contribution >= 0.6 is 0 Å². The van der Waals surface area contributed by atoms with Crippen LogP contribution in [0.15, 0.2) is 0 Å². The summed E-state index contributed by atoms with van der Waals surface area (Å²) in [4.78, 5) is 0. The van der Waals surface area contributed by atoms with Crippen molar-refractivity contribution in [2.75, 3.05) is 6.54 Å². The van der Waals surface area contributed by atoms with E-state index >= 15 is 0 Å². The lowest BCUT2D eigenvalue weighted by atomic mass is 9.71. The maximum Gasteiger partial charge on any atom is 0.0250 e. The second kappa shape index (κ2) is 1.89. The van der Waals surface area contributed by atoms with Crippen molar-refractivity contribution in [1.29, 1.82) is 0 Å². The van der Waals surface area contributed by atoms with E-state index in [0.717, 1.165) is 17.3 Å². The average molecular weight is 165 g/mol. The highest BCUT2D eigenvalue weighted by molar-refractivity contribution is 5.37. The smallest absolute Gasteiger partial charge is 0.0250 e. The SMILES string of the molecule is CCCCC12CC3CNC1(C)C32. The van der Waals surface area contributed by atoms with Crippen molar-refractivity contribution in [2.24, 2.45) is 17.3 Å². The third kappa shape index (κ3) is 0.527. The first-order valence-electron chi connectivity index (χ1n) is 5.49. The number of nitrogens with one attached hydrogen (secondary N) is 1. The Kier molecular flexibility index (Phi) is 1.16. The Balaban J connectivity index is 1.74. The van der Waals surface area contributed by atoms with Crippen LogP contribution in [0.25, 0.3) is 0 Å². The van der Waals surface area contributed by atoms with Crippen LogP contribution in [0.5, 0.6) is 0 Å². The third-order valence-electron chi connectivity index (χ3n) is 4.97. The van der Waals surface area contributed by atoms with Crippen molar-refractivity contribution in [3.63, 3.8) is 0 Å². The van der Waals surface area contributed by atoms with E-state index in [2.05, 4.69) is 19.2 Å². The van der Waals surface area contributed by atoms with Crippen molar-refractivity contribution in [3.05, 3.63) is 0 Å². The summed E-state index contributed by atoms with van der Waals surface area (Å²) in [6.45, 7) is 6.08. The van der Waals surface area contributed by atoms with E-state index in [9.17, 15) is 0 Å².